The summed E-state index contributed by atoms with van der Waals surface area (Å²) in [5.74, 6) is 1.50. The Morgan fingerprint density at radius 2 is 2.17 bits per heavy atom. The standard InChI is InChI=1S/C17H17N3O3/c1-4-10-8-11(22-3)9-13-14(10)17(21)23-16(20-13)12-6-5-7-19-15(12)18-2/h5-9H,4H2,1-3H3,(H,18,19). The number of anilines is 1. The molecule has 1 N–H and O–H groups in total. The summed E-state index contributed by atoms with van der Waals surface area (Å²) in [5, 5.41) is 3.46. The van der Waals surface area contributed by atoms with Gasteiger partial charge in [-0.15, -0.1) is 0 Å². The second-order valence-corrected chi connectivity index (χ2v) is 4.99. The van der Waals surface area contributed by atoms with Crippen molar-refractivity contribution in [3.8, 4) is 17.2 Å². The van der Waals surface area contributed by atoms with Crippen molar-refractivity contribution in [2.45, 2.75) is 13.3 Å². The lowest BCUT2D eigenvalue weighted by molar-refractivity contribution is 0.414. The fourth-order valence-corrected chi connectivity index (χ4v) is 2.54. The van der Waals surface area contributed by atoms with E-state index in [4.69, 9.17) is 9.15 Å². The molecule has 6 heteroatoms. The van der Waals surface area contributed by atoms with Gasteiger partial charge in [-0.2, -0.15) is 0 Å². The maximum absolute atomic E-state index is 12.5. The zero-order valence-electron chi connectivity index (χ0n) is 13.2. The topological polar surface area (TPSA) is 77.2 Å². The minimum Gasteiger partial charge on any atom is -0.497 e. The second kappa shape index (κ2) is 6.08. The molecule has 0 fully saturated rings. The number of aryl methyl sites for hydroxylation is 1. The van der Waals surface area contributed by atoms with E-state index in [2.05, 4.69) is 15.3 Å². The molecule has 23 heavy (non-hydrogen) atoms. The first kappa shape index (κ1) is 15.0. The van der Waals surface area contributed by atoms with Crippen LogP contribution < -0.4 is 15.7 Å². The molecule has 0 aliphatic carbocycles. The first-order valence-corrected chi connectivity index (χ1v) is 7.32. The van der Waals surface area contributed by atoms with Gasteiger partial charge in [-0.25, -0.2) is 14.8 Å². The molecule has 0 spiro atoms. The van der Waals surface area contributed by atoms with Gasteiger partial charge in [0.1, 0.15) is 11.6 Å². The van der Waals surface area contributed by atoms with Gasteiger partial charge in [0.15, 0.2) is 0 Å². The third-order valence-electron chi connectivity index (χ3n) is 3.68. The van der Waals surface area contributed by atoms with Crippen LogP contribution in [-0.4, -0.2) is 24.1 Å². The van der Waals surface area contributed by atoms with Gasteiger partial charge in [-0.3, -0.25) is 0 Å². The maximum atomic E-state index is 12.5. The third kappa shape index (κ3) is 2.63. The van der Waals surface area contributed by atoms with Crippen molar-refractivity contribution in [3.05, 3.63) is 46.4 Å². The summed E-state index contributed by atoms with van der Waals surface area (Å²) in [6.07, 6.45) is 2.35. The molecule has 0 atom stereocenters. The van der Waals surface area contributed by atoms with Crippen LogP contribution in [0.15, 0.2) is 39.7 Å². The Morgan fingerprint density at radius 3 is 2.87 bits per heavy atom. The minimum atomic E-state index is -0.407. The SMILES string of the molecule is CCc1cc(OC)cc2nc(-c3cccnc3NC)oc(=O)c12. The average Bonchev–Trinajstić information content (AvgIpc) is 2.60. The Bertz CT molecular complexity index is 919. The Morgan fingerprint density at radius 1 is 1.35 bits per heavy atom. The molecular formula is C17H17N3O3. The summed E-state index contributed by atoms with van der Waals surface area (Å²) in [6.45, 7) is 1.97. The molecule has 0 aliphatic heterocycles. The van der Waals surface area contributed by atoms with Gasteiger partial charge < -0.3 is 14.5 Å². The predicted molar refractivity (Wildman–Crippen MR) is 89.0 cm³/mol. The molecule has 3 rings (SSSR count). The monoisotopic (exact) mass is 311 g/mol. The summed E-state index contributed by atoms with van der Waals surface area (Å²) < 4.78 is 10.7. The van der Waals surface area contributed by atoms with Crippen LogP contribution in [0.4, 0.5) is 5.82 Å². The van der Waals surface area contributed by atoms with Crippen molar-refractivity contribution in [3.63, 3.8) is 0 Å². The number of hydrogen-bond acceptors (Lipinski definition) is 6. The molecule has 0 saturated carbocycles. The van der Waals surface area contributed by atoms with Crippen LogP contribution in [0.2, 0.25) is 0 Å². The molecule has 1 aromatic carbocycles. The molecule has 118 valence electrons. The van der Waals surface area contributed by atoms with E-state index >= 15 is 0 Å². The highest BCUT2D eigenvalue weighted by molar-refractivity contribution is 5.84. The van der Waals surface area contributed by atoms with E-state index in [9.17, 15) is 4.79 Å². The number of methoxy groups -OCH3 is 1. The fourth-order valence-electron chi connectivity index (χ4n) is 2.54. The molecule has 0 amide bonds. The van der Waals surface area contributed by atoms with Crippen LogP contribution in [0, 0.1) is 0 Å². The molecule has 6 nitrogen and oxygen atoms in total. The van der Waals surface area contributed by atoms with Crippen LogP contribution in [0.25, 0.3) is 22.4 Å². The lowest BCUT2D eigenvalue weighted by atomic mass is 10.1. The van der Waals surface area contributed by atoms with Crippen LogP contribution >= 0.6 is 0 Å². The second-order valence-electron chi connectivity index (χ2n) is 4.99. The van der Waals surface area contributed by atoms with Gasteiger partial charge in [0, 0.05) is 19.3 Å². The zero-order valence-corrected chi connectivity index (χ0v) is 13.2. The fraction of sp³-hybridized carbons (Fsp3) is 0.235. The first-order valence-electron chi connectivity index (χ1n) is 7.32. The van der Waals surface area contributed by atoms with E-state index in [1.807, 2.05) is 13.0 Å². The molecule has 2 heterocycles. The number of nitrogens with one attached hydrogen (secondary N) is 1. The summed E-state index contributed by atoms with van der Waals surface area (Å²) in [5.41, 5.74) is 1.64. The maximum Gasteiger partial charge on any atom is 0.347 e. The molecule has 0 radical (unpaired) electrons. The van der Waals surface area contributed by atoms with Crippen LogP contribution in [0.5, 0.6) is 5.75 Å². The van der Waals surface area contributed by atoms with Crippen molar-refractivity contribution >= 4 is 16.7 Å². The Kier molecular flexibility index (Phi) is 3.97. The van der Waals surface area contributed by atoms with Crippen LogP contribution in [0.3, 0.4) is 0 Å². The molecule has 3 aromatic rings. The van der Waals surface area contributed by atoms with Gasteiger partial charge in [0.05, 0.1) is 23.6 Å². The lowest BCUT2D eigenvalue weighted by Crippen LogP contribution is -2.07. The Hall–Kier alpha value is -2.89. The van der Waals surface area contributed by atoms with Crippen LogP contribution in [-0.2, 0) is 6.42 Å². The number of aromatic nitrogens is 2. The van der Waals surface area contributed by atoms with Crippen molar-refractivity contribution in [1.82, 2.24) is 9.97 Å². The normalized spacial score (nSPS) is 10.7. The first-order chi connectivity index (χ1) is 11.2. The van der Waals surface area contributed by atoms with Crippen molar-refractivity contribution in [2.75, 3.05) is 19.5 Å². The Labute approximate surface area is 133 Å². The van der Waals surface area contributed by atoms with Gasteiger partial charge >= 0.3 is 5.63 Å². The van der Waals surface area contributed by atoms with E-state index in [0.717, 1.165) is 5.56 Å². The van der Waals surface area contributed by atoms with Gasteiger partial charge in [-0.05, 0) is 30.2 Å². The zero-order chi connectivity index (χ0) is 16.4. The highest BCUT2D eigenvalue weighted by Gasteiger charge is 2.15. The summed E-state index contributed by atoms with van der Waals surface area (Å²) >= 11 is 0. The van der Waals surface area contributed by atoms with Gasteiger partial charge in [-0.1, -0.05) is 6.92 Å². The summed E-state index contributed by atoms with van der Waals surface area (Å²) in [6, 6.07) is 7.15. The molecule has 0 bridgehead atoms. The number of ether oxygens (including phenoxy) is 1. The van der Waals surface area contributed by atoms with E-state index < -0.39 is 5.63 Å². The summed E-state index contributed by atoms with van der Waals surface area (Å²) in [7, 11) is 3.34. The lowest BCUT2D eigenvalue weighted by Gasteiger charge is -2.09. The number of hydrogen-bond donors (Lipinski definition) is 1. The quantitative estimate of drug-likeness (QED) is 0.798. The van der Waals surface area contributed by atoms with Crippen molar-refractivity contribution in [2.24, 2.45) is 0 Å². The highest BCUT2D eigenvalue weighted by atomic mass is 16.5. The van der Waals surface area contributed by atoms with Crippen LogP contribution in [0.1, 0.15) is 12.5 Å². The largest absolute Gasteiger partial charge is 0.497 e. The van der Waals surface area contributed by atoms with E-state index in [1.165, 1.54) is 0 Å². The Balaban J connectivity index is 2.31. The number of rotatable bonds is 4. The summed E-state index contributed by atoms with van der Waals surface area (Å²) in [4.78, 5) is 21.2. The van der Waals surface area contributed by atoms with Gasteiger partial charge in [0.25, 0.3) is 0 Å². The number of nitrogens with zero attached hydrogens (tertiary/aromatic N) is 2. The number of benzene rings is 1. The number of fused-ring (bicyclic) bond motifs is 1. The van der Waals surface area contributed by atoms with E-state index in [1.54, 1.807) is 38.6 Å². The van der Waals surface area contributed by atoms with E-state index in [-0.39, 0.29) is 5.89 Å². The predicted octanol–water partition coefficient (Wildman–Crippen LogP) is 2.86. The average molecular weight is 311 g/mol. The number of pyridine rings is 1. The molecule has 0 aliphatic rings. The smallest absolute Gasteiger partial charge is 0.347 e. The van der Waals surface area contributed by atoms with Gasteiger partial charge in [0.2, 0.25) is 5.89 Å². The van der Waals surface area contributed by atoms with E-state index in [0.29, 0.717) is 34.5 Å². The molecular weight excluding hydrogens is 294 g/mol. The third-order valence-corrected chi connectivity index (χ3v) is 3.68. The van der Waals surface area contributed by atoms with Crippen molar-refractivity contribution in [1.29, 1.82) is 0 Å². The minimum absolute atomic E-state index is 0.232. The van der Waals surface area contributed by atoms with Crippen molar-refractivity contribution < 1.29 is 9.15 Å². The highest BCUT2D eigenvalue weighted by Crippen LogP contribution is 2.27. The molecule has 2 aromatic heterocycles. The molecule has 0 unspecified atom stereocenters. The molecule has 0 saturated heterocycles.